The van der Waals surface area contributed by atoms with Crippen LogP contribution >= 0.6 is 11.6 Å². The summed E-state index contributed by atoms with van der Waals surface area (Å²) in [6.07, 6.45) is 0.763. The van der Waals surface area contributed by atoms with Gasteiger partial charge in [-0.25, -0.2) is 0 Å². The van der Waals surface area contributed by atoms with Gasteiger partial charge < -0.3 is 15.4 Å². The molecule has 0 fully saturated rings. The van der Waals surface area contributed by atoms with E-state index in [9.17, 15) is 4.21 Å². The van der Waals surface area contributed by atoms with E-state index in [1.54, 1.807) is 14.2 Å². The molecule has 0 bridgehead atoms. The Morgan fingerprint density at radius 2 is 1.88 bits per heavy atom. The lowest BCUT2D eigenvalue weighted by molar-refractivity contribution is 0.414. The highest BCUT2D eigenvalue weighted by Gasteiger charge is 2.05. The zero-order valence-corrected chi connectivity index (χ0v) is 16.6. The number of methoxy groups -OCH3 is 1. The summed E-state index contributed by atoms with van der Waals surface area (Å²) in [5.41, 5.74) is 1.04. The summed E-state index contributed by atoms with van der Waals surface area (Å²) in [5, 5.41) is 7.11. The molecule has 140 valence electrons. The predicted octanol–water partition coefficient (Wildman–Crippen LogP) is 2.86. The molecule has 2 N–H and O–H groups in total. The summed E-state index contributed by atoms with van der Waals surface area (Å²) in [4.78, 5) is 5.02. The van der Waals surface area contributed by atoms with Crippen molar-refractivity contribution in [1.82, 2.24) is 10.6 Å². The molecule has 0 saturated heterocycles. The maximum absolute atomic E-state index is 12.2. The summed E-state index contributed by atoms with van der Waals surface area (Å²) in [6.45, 7) is 1.26. The van der Waals surface area contributed by atoms with Gasteiger partial charge in [-0.2, -0.15) is 0 Å². The van der Waals surface area contributed by atoms with Gasteiger partial charge in [0.25, 0.3) is 0 Å². The second-order valence-electron chi connectivity index (χ2n) is 5.50. The first kappa shape index (κ1) is 20.3. The van der Waals surface area contributed by atoms with Crippen LogP contribution in [0.3, 0.4) is 0 Å². The van der Waals surface area contributed by atoms with Gasteiger partial charge in [-0.3, -0.25) is 9.20 Å². The molecule has 0 radical (unpaired) electrons. The van der Waals surface area contributed by atoms with Crippen LogP contribution in [0.15, 0.2) is 58.4 Å². The van der Waals surface area contributed by atoms with Gasteiger partial charge in [0.2, 0.25) is 0 Å². The number of ether oxygens (including phenoxy) is 1. The predicted molar refractivity (Wildman–Crippen MR) is 109 cm³/mol. The minimum absolute atomic E-state index is 0.523. The SMILES string of the molecule is CN=C(NCCc1ccc(OC)cc1Cl)NCCS(=O)c1ccccc1. The van der Waals surface area contributed by atoms with Crippen molar-refractivity contribution in [3.63, 3.8) is 0 Å². The largest absolute Gasteiger partial charge is 0.497 e. The highest BCUT2D eigenvalue weighted by molar-refractivity contribution is 7.85. The van der Waals surface area contributed by atoms with Gasteiger partial charge in [0, 0.05) is 35.8 Å². The molecule has 1 atom stereocenters. The second-order valence-corrected chi connectivity index (χ2v) is 7.47. The summed E-state index contributed by atoms with van der Waals surface area (Å²) < 4.78 is 17.3. The van der Waals surface area contributed by atoms with Gasteiger partial charge in [0.1, 0.15) is 5.75 Å². The maximum atomic E-state index is 12.2. The molecule has 0 heterocycles. The van der Waals surface area contributed by atoms with Crippen molar-refractivity contribution in [2.75, 3.05) is 33.0 Å². The highest BCUT2D eigenvalue weighted by atomic mass is 35.5. The quantitative estimate of drug-likeness (QED) is 0.534. The average molecular weight is 394 g/mol. The highest BCUT2D eigenvalue weighted by Crippen LogP contribution is 2.22. The molecule has 5 nitrogen and oxygen atoms in total. The number of hydrogen-bond acceptors (Lipinski definition) is 3. The molecule has 1 unspecified atom stereocenters. The number of benzene rings is 2. The van der Waals surface area contributed by atoms with E-state index in [0.29, 0.717) is 29.8 Å². The van der Waals surface area contributed by atoms with Crippen LogP contribution in [-0.4, -0.2) is 43.2 Å². The van der Waals surface area contributed by atoms with E-state index < -0.39 is 10.8 Å². The van der Waals surface area contributed by atoms with Crippen molar-refractivity contribution in [2.24, 2.45) is 4.99 Å². The van der Waals surface area contributed by atoms with Crippen molar-refractivity contribution in [3.05, 3.63) is 59.1 Å². The Kier molecular flexibility index (Phi) is 8.44. The van der Waals surface area contributed by atoms with Crippen LogP contribution in [-0.2, 0) is 17.2 Å². The molecule has 0 aliphatic heterocycles. The molecular formula is C19H24ClN3O2S. The Morgan fingerprint density at radius 3 is 2.54 bits per heavy atom. The van der Waals surface area contributed by atoms with Gasteiger partial charge in [-0.1, -0.05) is 35.9 Å². The zero-order valence-electron chi connectivity index (χ0n) is 15.0. The topological polar surface area (TPSA) is 62.7 Å². The van der Waals surface area contributed by atoms with Gasteiger partial charge in [-0.05, 0) is 36.2 Å². The molecule has 0 aliphatic carbocycles. The monoisotopic (exact) mass is 393 g/mol. The summed E-state index contributed by atoms with van der Waals surface area (Å²) in [7, 11) is 2.31. The first-order valence-corrected chi connectivity index (χ1v) is 10.0. The van der Waals surface area contributed by atoms with Crippen LogP contribution in [0.1, 0.15) is 5.56 Å². The number of rotatable bonds is 8. The number of guanidine groups is 1. The molecule has 26 heavy (non-hydrogen) atoms. The smallest absolute Gasteiger partial charge is 0.191 e. The fourth-order valence-corrected chi connectivity index (χ4v) is 3.60. The number of halogens is 1. The normalized spacial score (nSPS) is 12.5. The lowest BCUT2D eigenvalue weighted by atomic mass is 10.1. The summed E-state index contributed by atoms with van der Waals surface area (Å²) in [5.74, 6) is 1.95. The Hall–Kier alpha value is -2.05. The molecule has 0 aromatic heterocycles. The van der Waals surface area contributed by atoms with Crippen LogP contribution in [0, 0.1) is 0 Å². The average Bonchev–Trinajstić information content (AvgIpc) is 2.68. The number of nitrogens with zero attached hydrogens (tertiary/aromatic N) is 1. The van der Waals surface area contributed by atoms with Crippen molar-refractivity contribution in [2.45, 2.75) is 11.3 Å². The van der Waals surface area contributed by atoms with E-state index in [0.717, 1.165) is 22.6 Å². The van der Waals surface area contributed by atoms with Crippen molar-refractivity contribution < 1.29 is 8.95 Å². The lowest BCUT2D eigenvalue weighted by Crippen LogP contribution is -2.40. The Labute approximate surface area is 162 Å². The summed E-state index contributed by atoms with van der Waals surface area (Å²) in [6, 6.07) is 15.1. The van der Waals surface area contributed by atoms with Crippen LogP contribution in [0.5, 0.6) is 5.75 Å². The molecule has 0 aliphatic rings. The van der Waals surface area contributed by atoms with E-state index in [-0.39, 0.29) is 0 Å². The molecule has 7 heteroatoms. The number of aliphatic imine (C=N–C) groups is 1. The van der Waals surface area contributed by atoms with E-state index in [1.165, 1.54) is 0 Å². The van der Waals surface area contributed by atoms with Gasteiger partial charge in [0.05, 0.1) is 17.9 Å². The van der Waals surface area contributed by atoms with Crippen LogP contribution < -0.4 is 15.4 Å². The Morgan fingerprint density at radius 1 is 1.15 bits per heavy atom. The third kappa shape index (κ3) is 6.35. The van der Waals surface area contributed by atoms with Crippen molar-refractivity contribution >= 4 is 28.4 Å². The fraction of sp³-hybridized carbons (Fsp3) is 0.316. The first-order valence-electron chi connectivity index (χ1n) is 8.34. The Balaban J connectivity index is 1.73. The third-order valence-corrected chi connectivity index (χ3v) is 5.48. The minimum Gasteiger partial charge on any atom is -0.497 e. The lowest BCUT2D eigenvalue weighted by Gasteiger charge is -2.12. The molecule has 0 saturated carbocycles. The summed E-state index contributed by atoms with van der Waals surface area (Å²) >= 11 is 6.25. The third-order valence-electron chi connectivity index (χ3n) is 3.76. The second kappa shape index (κ2) is 10.8. The van der Waals surface area contributed by atoms with Crippen LogP contribution in [0.25, 0.3) is 0 Å². The van der Waals surface area contributed by atoms with Crippen LogP contribution in [0.2, 0.25) is 5.02 Å². The standard InChI is InChI=1S/C19H24ClN3O2S/c1-21-19(23-12-13-26(24)17-6-4-3-5-7-17)22-11-10-15-8-9-16(25-2)14-18(15)20/h3-9,14H,10-13H2,1-2H3,(H2,21,22,23). The van der Waals surface area contributed by atoms with Gasteiger partial charge >= 0.3 is 0 Å². The first-order chi connectivity index (χ1) is 12.6. The van der Waals surface area contributed by atoms with Crippen molar-refractivity contribution in [1.29, 1.82) is 0 Å². The molecule has 2 rings (SSSR count). The van der Waals surface area contributed by atoms with E-state index >= 15 is 0 Å². The van der Waals surface area contributed by atoms with E-state index in [1.807, 2.05) is 48.5 Å². The van der Waals surface area contributed by atoms with E-state index in [4.69, 9.17) is 16.3 Å². The van der Waals surface area contributed by atoms with Gasteiger partial charge in [-0.15, -0.1) is 0 Å². The number of hydrogen-bond donors (Lipinski definition) is 2. The van der Waals surface area contributed by atoms with Crippen LogP contribution in [0.4, 0.5) is 0 Å². The minimum atomic E-state index is -1.02. The zero-order chi connectivity index (χ0) is 18.8. The molecule has 2 aromatic rings. The molecule has 0 spiro atoms. The molecular weight excluding hydrogens is 370 g/mol. The molecule has 0 amide bonds. The molecule has 2 aromatic carbocycles. The maximum Gasteiger partial charge on any atom is 0.191 e. The van der Waals surface area contributed by atoms with Gasteiger partial charge in [0.15, 0.2) is 5.96 Å². The Bertz CT molecular complexity index is 754. The number of nitrogens with one attached hydrogen (secondary N) is 2. The van der Waals surface area contributed by atoms with Crippen molar-refractivity contribution in [3.8, 4) is 5.75 Å². The fourth-order valence-electron chi connectivity index (χ4n) is 2.35. The van der Waals surface area contributed by atoms with E-state index in [2.05, 4.69) is 15.6 Å².